The minimum Gasteiger partial charge on any atom is -0.310 e. The van der Waals surface area contributed by atoms with Gasteiger partial charge in [0.2, 0.25) is 0 Å². The maximum absolute atomic E-state index is 13.2. The van der Waals surface area contributed by atoms with Crippen LogP contribution in [0, 0.1) is 11.7 Å². The molecule has 2 rings (SSSR count). The number of benzene rings is 1. The van der Waals surface area contributed by atoms with E-state index in [1.807, 2.05) is 0 Å². The second-order valence-corrected chi connectivity index (χ2v) is 4.87. The summed E-state index contributed by atoms with van der Waals surface area (Å²) >= 11 is 0. The molecule has 1 saturated heterocycles. The van der Waals surface area contributed by atoms with Crippen LogP contribution in [0.5, 0.6) is 0 Å². The smallest absolute Gasteiger partial charge is 0.310 e. The quantitative estimate of drug-likeness (QED) is 0.756. The molecule has 1 aromatic carbocycles. The van der Waals surface area contributed by atoms with E-state index >= 15 is 0 Å². The lowest BCUT2D eigenvalue weighted by Crippen LogP contribution is -2.31. The molecule has 2 atom stereocenters. The molecular formula is C13H15F4N. The molecule has 0 spiro atoms. The summed E-state index contributed by atoms with van der Waals surface area (Å²) in [5.74, 6) is -0.745. The molecule has 1 nitrogen and oxygen atoms in total. The fourth-order valence-corrected chi connectivity index (χ4v) is 2.34. The lowest BCUT2D eigenvalue weighted by Gasteiger charge is -2.29. The Morgan fingerprint density at radius 3 is 2.61 bits per heavy atom. The summed E-state index contributed by atoms with van der Waals surface area (Å²) in [7, 11) is 0. The van der Waals surface area contributed by atoms with E-state index < -0.39 is 17.6 Å². The number of nitrogens with one attached hydrogen (secondary N) is 1. The molecule has 100 valence electrons. The van der Waals surface area contributed by atoms with Crippen LogP contribution in [-0.2, 0) is 6.18 Å². The first kappa shape index (κ1) is 13.3. The standard InChI is InChI=1S/C13H15F4N/c1-8-4-5-18-12(6-8)9-2-3-11(14)10(7-9)13(15,16)17/h2-3,7-8,12,18H,4-6H2,1H3. The largest absolute Gasteiger partial charge is 0.419 e. The van der Waals surface area contributed by atoms with Crippen molar-refractivity contribution in [3.63, 3.8) is 0 Å². The maximum atomic E-state index is 13.2. The summed E-state index contributed by atoms with van der Waals surface area (Å²) in [4.78, 5) is 0. The fraction of sp³-hybridized carbons (Fsp3) is 0.538. The highest BCUT2D eigenvalue weighted by molar-refractivity contribution is 5.29. The van der Waals surface area contributed by atoms with Crippen LogP contribution in [0.15, 0.2) is 18.2 Å². The highest BCUT2D eigenvalue weighted by Gasteiger charge is 2.35. The summed E-state index contributed by atoms with van der Waals surface area (Å²) in [5, 5.41) is 3.17. The lowest BCUT2D eigenvalue weighted by atomic mass is 9.89. The van der Waals surface area contributed by atoms with E-state index in [2.05, 4.69) is 12.2 Å². The van der Waals surface area contributed by atoms with Gasteiger partial charge in [0.25, 0.3) is 0 Å². The Morgan fingerprint density at radius 1 is 1.28 bits per heavy atom. The van der Waals surface area contributed by atoms with Crippen LogP contribution in [0.1, 0.15) is 36.9 Å². The van der Waals surface area contributed by atoms with Gasteiger partial charge < -0.3 is 5.32 Å². The lowest BCUT2D eigenvalue weighted by molar-refractivity contribution is -0.140. The first-order valence-corrected chi connectivity index (χ1v) is 5.98. The molecule has 1 fully saturated rings. The van der Waals surface area contributed by atoms with Crippen LogP contribution in [0.2, 0.25) is 0 Å². The third-order valence-electron chi connectivity index (χ3n) is 3.36. The predicted molar refractivity (Wildman–Crippen MR) is 60.5 cm³/mol. The highest BCUT2D eigenvalue weighted by Crippen LogP contribution is 2.34. The van der Waals surface area contributed by atoms with Crippen molar-refractivity contribution >= 4 is 0 Å². The molecule has 18 heavy (non-hydrogen) atoms. The number of halogens is 4. The maximum Gasteiger partial charge on any atom is 0.419 e. The Kier molecular flexibility index (Phi) is 3.61. The van der Waals surface area contributed by atoms with Crippen molar-refractivity contribution in [1.82, 2.24) is 5.32 Å². The number of hydrogen-bond donors (Lipinski definition) is 1. The molecule has 0 amide bonds. The van der Waals surface area contributed by atoms with Crippen LogP contribution in [0.25, 0.3) is 0 Å². The second kappa shape index (κ2) is 4.88. The highest BCUT2D eigenvalue weighted by atomic mass is 19.4. The van der Waals surface area contributed by atoms with Gasteiger partial charge in [-0.15, -0.1) is 0 Å². The zero-order valence-electron chi connectivity index (χ0n) is 10.0. The Bertz CT molecular complexity index is 427. The number of hydrogen-bond acceptors (Lipinski definition) is 1. The van der Waals surface area contributed by atoms with Crippen LogP contribution in [0.4, 0.5) is 17.6 Å². The first-order valence-electron chi connectivity index (χ1n) is 5.98. The number of piperidine rings is 1. The van der Waals surface area contributed by atoms with E-state index in [-0.39, 0.29) is 6.04 Å². The minimum atomic E-state index is -4.64. The summed E-state index contributed by atoms with van der Waals surface area (Å²) in [6.07, 6.45) is -2.84. The molecule has 2 unspecified atom stereocenters. The van der Waals surface area contributed by atoms with Crippen LogP contribution in [0.3, 0.4) is 0 Å². The fourth-order valence-electron chi connectivity index (χ4n) is 2.34. The summed E-state index contributed by atoms with van der Waals surface area (Å²) in [6.45, 7) is 2.85. The molecule has 5 heteroatoms. The van der Waals surface area contributed by atoms with Crippen molar-refractivity contribution in [2.75, 3.05) is 6.54 Å². The van der Waals surface area contributed by atoms with Gasteiger partial charge in [-0.05, 0) is 43.0 Å². The van der Waals surface area contributed by atoms with Crippen molar-refractivity contribution in [2.45, 2.75) is 32.0 Å². The zero-order chi connectivity index (χ0) is 13.3. The average Bonchev–Trinajstić information content (AvgIpc) is 2.28. The zero-order valence-corrected chi connectivity index (χ0v) is 10.0. The second-order valence-electron chi connectivity index (χ2n) is 4.87. The van der Waals surface area contributed by atoms with Gasteiger partial charge in [-0.3, -0.25) is 0 Å². The van der Waals surface area contributed by atoms with Crippen LogP contribution >= 0.6 is 0 Å². The molecule has 1 aliphatic rings. The molecule has 0 aliphatic carbocycles. The van der Waals surface area contributed by atoms with Gasteiger partial charge in [0.15, 0.2) is 0 Å². The van der Waals surface area contributed by atoms with E-state index in [0.29, 0.717) is 11.5 Å². The van der Waals surface area contributed by atoms with E-state index in [1.54, 1.807) is 0 Å². The monoisotopic (exact) mass is 261 g/mol. The van der Waals surface area contributed by atoms with E-state index in [4.69, 9.17) is 0 Å². The molecule has 0 saturated carbocycles. The van der Waals surface area contributed by atoms with Gasteiger partial charge >= 0.3 is 6.18 Å². The van der Waals surface area contributed by atoms with Gasteiger partial charge in [-0.1, -0.05) is 13.0 Å². The van der Waals surface area contributed by atoms with E-state index in [1.165, 1.54) is 6.07 Å². The van der Waals surface area contributed by atoms with Crippen LogP contribution < -0.4 is 5.32 Å². The topological polar surface area (TPSA) is 12.0 Å². The van der Waals surface area contributed by atoms with Crippen LogP contribution in [-0.4, -0.2) is 6.54 Å². The number of alkyl halides is 3. The SMILES string of the molecule is CC1CCNC(c2ccc(F)c(C(F)(F)F)c2)C1. The Hall–Kier alpha value is -1.10. The van der Waals surface area contributed by atoms with Crippen molar-refractivity contribution in [1.29, 1.82) is 0 Å². The summed E-state index contributed by atoms with van der Waals surface area (Å²) in [5.41, 5.74) is -0.671. The molecule has 1 aliphatic heterocycles. The first-order chi connectivity index (χ1) is 8.38. The normalized spacial score (nSPS) is 25.2. The van der Waals surface area contributed by atoms with Gasteiger partial charge in [-0.2, -0.15) is 13.2 Å². The summed E-state index contributed by atoms with van der Waals surface area (Å²) < 4.78 is 51.0. The Labute approximate surface area is 103 Å². The number of rotatable bonds is 1. The van der Waals surface area contributed by atoms with Crippen molar-refractivity contribution in [3.8, 4) is 0 Å². The van der Waals surface area contributed by atoms with E-state index in [0.717, 1.165) is 31.5 Å². The van der Waals surface area contributed by atoms with Gasteiger partial charge in [0, 0.05) is 6.04 Å². The molecule has 1 N–H and O–H groups in total. The third kappa shape index (κ3) is 2.83. The predicted octanol–water partition coefficient (Wildman–Crippen LogP) is 3.91. The van der Waals surface area contributed by atoms with Crippen molar-refractivity contribution < 1.29 is 17.6 Å². The van der Waals surface area contributed by atoms with Gasteiger partial charge in [0.1, 0.15) is 5.82 Å². The molecular weight excluding hydrogens is 246 g/mol. The van der Waals surface area contributed by atoms with Crippen molar-refractivity contribution in [2.24, 2.45) is 5.92 Å². The van der Waals surface area contributed by atoms with Gasteiger partial charge in [-0.25, -0.2) is 4.39 Å². The van der Waals surface area contributed by atoms with Gasteiger partial charge in [0.05, 0.1) is 5.56 Å². The third-order valence-corrected chi connectivity index (χ3v) is 3.36. The summed E-state index contributed by atoms with van der Waals surface area (Å²) in [6, 6.07) is 3.14. The minimum absolute atomic E-state index is 0.115. The average molecular weight is 261 g/mol. The van der Waals surface area contributed by atoms with E-state index in [9.17, 15) is 17.6 Å². The molecule has 1 aromatic rings. The Morgan fingerprint density at radius 2 is 2.00 bits per heavy atom. The molecule has 0 bridgehead atoms. The Balaban J connectivity index is 2.29. The molecule has 0 aromatic heterocycles. The molecule has 0 radical (unpaired) electrons. The molecule has 1 heterocycles. The van der Waals surface area contributed by atoms with Crippen molar-refractivity contribution in [3.05, 3.63) is 35.1 Å².